The topological polar surface area (TPSA) is 62.1 Å². The molecular weight excluding hydrogens is 440 g/mol. The minimum atomic E-state index is -0.452. The molecule has 1 N–H and O–H groups in total. The van der Waals surface area contributed by atoms with Crippen LogP contribution < -0.4 is 10.1 Å². The van der Waals surface area contributed by atoms with Crippen LogP contribution in [-0.2, 0) is 11.4 Å². The van der Waals surface area contributed by atoms with E-state index in [1.807, 2.05) is 86.6 Å². The normalized spacial score (nSPS) is 10.9. The lowest BCUT2D eigenvalue weighted by atomic mass is 10.1. The van der Waals surface area contributed by atoms with Gasteiger partial charge in [-0.25, -0.2) is 0 Å². The van der Waals surface area contributed by atoms with Crippen LogP contribution in [-0.4, -0.2) is 5.91 Å². The highest BCUT2D eigenvalue weighted by Crippen LogP contribution is 2.23. The lowest BCUT2D eigenvalue weighted by Gasteiger charge is -2.11. The van der Waals surface area contributed by atoms with E-state index in [0.717, 1.165) is 21.2 Å². The van der Waals surface area contributed by atoms with Gasteiger partial charge in [0.05, 0.1) is 0 Å². The lowest BCUT2D eigenvalue weighted by Crippen LogP contribution is -2.14. The molecule has 0 spiro atoms. The summed E-state index contributed by atoms with van der Waals surface area (Å²) in [5.74, 6) is 0.152. The molecule has 0 aromatic heterocycles. The predicted molar refractivity (Wildman–Crippen MR) is 123 cm³/mol. The molecule has 4 nitrogen and oxygen atoms in total. The summed E-state index contributed by atoms with van der Waals surface area (Å²) in [6.45, 7) is 4.29. The molecule has 0 saturated carbocycles. The summed E-state index contributed by atoms with van der Waals surface area (Å²) in [5, 5.41) is 12.4. The van der Waals surface area contributed by atoms with Crippen molar-refractivity contribution in [3.63, 3.8) is 0 Å². The van der Waals surface area contributed by atoms with Gasteiger partial charge in [0.15, 0.2) is 0 Å². The van der Waals surface area contributed by atoms with Gasteiger partial charge in [0.2, 0.25) is 0 Å². The Hall–Kier alpha value is -3.36. The molecule has 0 radical (unpaired) electrons. The Morgan fingerprint density at radius 2 is 1.83 bits per heavy atom. The van der Waals surface area contributed by atoms with Crippen molar-refractivity contribution in [3.8, 4) is 11.8 Å². The van der Waals surface area contributed by atoms with Gasteiger partial charge in [-0.3, -0.25) is 4.79 Å². The molecule has 3 aromatic rings. The summed E-state index contributed by atoms with van der Waals surface area (Å²) in [7, 11) is 0. The van der Waals surface area contributed by atoms with Crippen LogP contribution in [0, 0.1) is 25.2 Å². The van der Waals surface area contributed by atoms with E-state index >= 15 is 0 Å². The van der Waals surface area contributed by atoms with Crippen molar-refractivity contribution in [2.45, 2.75) is 20.5 Å². The first-order valence-corrected chi connectivity index (χ1v) is 10.2. The van der Waals surface area contributed by atoms with Crippen LogP contribution >= 0.6 is 15.9 Å². The Bertz CT molecular complexity index is 1130. The largest absolute Gasteiger partial charge is 0.488 e. The Morgan fingerprint density at radius 1 is 1.10 bits per heavy atom. The maximum absolute atomic E-state index is 12.7. The quantitative estimate of drug-likeness (QED) is 0.352. The SMILES string of the molecule is Cc1ccc(NC(=O)/C(C#N)=C/c2ccccc2OCc2ccc(Br)cc2)c(C)c1. The number of hydrogen-bond acceptors (Lipinski definition) is 3. The zero-order valence-electron chi connectivity index (χ0n) is 16.8. The minimum absolute atomic E-state index is 0.00895. The molecule has 0 aliphatic heterocycles. The molecular formula is C25H21BrN2O2. The summed E-state index contributed by atoms with van der Waals surface area (Å²) in [6, 6.07) is 22.9. The van der Waals surface area contributed by atoms with Gasteiger partial charge in [-0.1, -0.05) is 64.0 Å². The number of carbonyl (C=O) groups is 1. The van der Waals surface area contributed by atoms with Crippen molar-refractivity contribution in [1.29, 1.82) is 5.26 Å². The van der Waals surface area contributed by atoms with Crippen LogP contribution in [0.15, 0.2) is 76.8 Å². The summed E-state index contributed by atoms with van der Waals surface area (Å²) in [5.41, 5.74) is 4.44. The van der Waals surface area contributed by atoms with Crippen molar-refractivity contribution < 1.29 is 9.53 Å². The first-order chi connectivity index (χ1) is 14.5. The average molecular weight is 461 g/mol. The highest BCUT2D eigenvalue weighted by Gasteiger charge is 2.12. The number of carbonyl (C=O) groups excluding carboxylic acids is 1. The highest BCUT2D eigenvalue weighted by atomic mass is 79.9. The van der Waals surface area contributed by atoms with Gasteiger partial charge in [-0.2, -0.15) is 5.26 Å². The van der Waals surface area contributed by atoms with Gasteiger partial charge in [0.25, 0.3) is 5.91 Å². The van der Waals surface area contributed by atoms with Crippen molar-refractivity contribution in [1.82, 2.24) is 0 Å². The summed E-state index contributed by atoms with van der Waals surface area (Å²) < 4.78 is 6.94. The van der Waals surface area contributed by atoms with E-state index in [4.69, 9.17) is 4.74 Å². The van der Waals surface area contributed by atoms with Gasteiger partial charge in [-0.05, 0) is 55.3 Å². The molecule has 0 atom stereocenters. The molecule has 0 saturated heterocycles. The van der Waals surface area contributed by atoms with E-state index in [2.05, 4.69) is 21.2 Å². The molecule has 0 unspecified atom stereocenters. The standard InChI is InChI=1S/C25H21BrN2O2/c1-17-7-12-23(18(2)13-17)28-25(29)21(15-27)14-20-5-3-4-6-24(20)30-16-19-8-10-22(26)11-9-19/h3-14H,16H2,1-2H3,(H,28,29)/b21-14+. The molecule has 0 bridgehead atoms. The van der Waals surface area contributed by atoms with E-state index in [0.29, 0.717) is 23.6 Å². The van der Waals surface area contributed by atoms with Crippen LogP contribution in [0.1, 0.15) is 22.3 Å². The number of aryl methyl sites for hydroxylation is 2. The van der Waals surface area contributed by atoms with E-state index in [1.165, 1.54) is 0 Å². The number of para-hydroxylation sites is 1. The molecule has 3 rings (SSSR count). The van der Waals surface area contributed by atoms with E-state index in [9.17, 15) is 10.1 Å². The van der Waals surface area contributed by atoms with Crippen molar-refractivity contribution in [2.24, 2.45) is 0 Å². The Kier molecular flexibility index (Phi) is 7.05. The van der Waals surface area contributed by atoms with Crippen LogP contribution in [0.25, 0.3) is 6.08 Å². The third-order valence-electron chi connectivity index (χ3n) is 4.52. The maximum atomic E-state index is 12.7. The van der Waals surface area contributed by atoms with Gasteiger partial charge in [-0.15, -0.1) is 0 Å². The van der Waals surface area contributed by atoms with Crippen molar-refractivity contribution in [3.05, 3.63) is 99.0 Å². The molecule has 30 heavy (non-hydrogen) atoms. The molecule has 0 aliphatic rings. The number of nitrogens with zero attached hydrogens (tertiary/aromatic N) is 1. The predicted octanol–water partition coefficient (Wildman–Crippen LogP) is 6.19. The number of nitriles is 1. The van der Waals surface area contributed by atoms with Crippen LogP contribution in [0.2, 0.25) is 0 Å². The second kappa shape index (κ2) is 9.91. The number of anilines is 1. The molecule has 150 valence electrons. The lowest BCUT2D eigenvalue weighted by molar-refractivity contribution is -0.112. The summed E-state index contributed by atoms with van der Waals surface area (Å²) in [6.07, 6.45) is 1.55. The Balaban J connectivity index is 1.79. The molecule has 1 amide bonds. The number of nitrogens with one attached hydrogen (secondary N) is 1. The number of amides is 1. The molecule has 0 aliphatic carbocycles. The maximum Gasteiger partial charge on any atom is 0.266 e. The molecule has 0 heterocycles. The number of benzene rings is 3. The van der Waals surface area contributed by atoms with Crippen LogP contribution in [0.3, 0.4) is 0 Å². The van der Waals surface area contributed by atoms with Gasteiger partial charge < -0.3 is 10.1 Å². The Morgan fingerprint density at radius 3 is 2.53 bits per heavy atom. The fourth-order valence-electron chi connectivity index (χ4n) is 2.92. The third kappa shape index (κ3) is 5.59. The molecule has 3 aromatic carbocycles. The number of ether oxygens (including phenoxy) is 1. The average Bonchev–Trinajstić information content (AvgIpc) is 2.74. The number of halogens is 1. The molecule has 5 heteroatoms. The smallest absolute Gasteiger partial charge is 0.266 e. The zero-order chi connectivity index (χ0) is 21.5. The second-order valence-corrected chi connectivity index (χ2v) is 7.81. The van der Waals surface area contributed by atoms with Gasteiger partial charge in [0, 0.05) is 15.7 Å². The van der Waals surface area contributed by atoms with Crippen LogP contribution in [0.4, 0.5) is 5.69 Å². The minimum Gasteiger partial charge on any atom is -0.488 e. The number of rotatable bonds is 6. The number of hydrogen-bond donors (Lipinski definition) is 1. The zero-order valence-corrected chi connectivity index (χ0v) is 18.4. The third-order valence-corrected chi connectivity index (χ3v) is 5.05. The first kappa shape index (κ1) is 21.4. The summed E-state index contributed by atoms with van der Waals surface area (Å²) >= 11 is 3.42. The van der Waals surface area contributed by atoms with Crippen molar-refractivity contribution in [2.75, 3.05) is 5.32 Å². The highest BCUT2D eigenvalue weighted by molar-refractivity contribution is 9.10. The van der Waals surface area contributed by atoms with Crippen molar-refractivity contribution >= 4 is 33.6 Å². The van der Waals surface area contributed by atoms with E-state index < -0.39 is 5.91 Å². The van der Waals surface area contributed by atoms with E-state index in [-0.39, 0.29) is 5.57 Å². The second-order valence-electron chi connectivity index (χ2n) is 6.90. The summed E-state index contributed by atoms with van der Waals surface area (Å²) in [4.78, 5) is 12.7. The fraction of sp³-hybridized carbons (Fsp3) is 0.120. The van der Waals surface area contributed by atoms with Gasteiger partial charge >= 0.3 is 0 Å². The van der Waals surface area contributed by atoms with E-state index in [1.54, 1.807) is 6.08 Å². The first-order valence-electron chi connectivity index (χ1n) is 9.43. The monoisotopic (exact) mass is 460 g/mol. The molecule has 0 fully saturated rings. The van der Waals surface area contributed by atoms with Gasteiger partial charge in [0.1, 0.15) is 24.0 Å². The Labute approximate surface area is 184 Å². The van der Waals surface area contributed by atoms with Crippen LogP contribution in [0.5, 0.6) is 5.75 Å². The fourth-order valence-corrected chi connectivity index (χ4v) is 3.18.